The van der Waals surface area contributed by atoms with Crippen molar-refractivity contribution in [2.45, 2.75) is 0 Å². The average Bonchev–Trinajstić information content (AvgIpc) is 2.29. The van der Waals surface area contributed by atoms with Gasteiger partial charge in [0, 0.05) is 33.3 Å². The van der Waals surface area contributed by atoms with E-state index >= 15 is 0 Å². The number of nitrogens with zero attached hydrogens (tertiary/aromatic N) is 2. The maximum absolute atomic E-state index is 11.5. The van der Waals surface area contributed by atoms with Gasteiger partial charge in [0.1, 0.15) is 11.3 Å². The third kappa shape index (κ3) is 3.41. The second kappa shape index (κ2) is 5.95. The summed E-state index contributed by atoms with van der Waals surface area (Å²) in [6.45, 7) is 1.60. The predicted molar refractivity (Wildman–Crippen MR) is 62.7 cm³/mol. The maximum Gasteiger partial charge on any atom is 0.248 e. The van der Waals surface area contributed by atoms with Crippen LogP contribution in [0.4, 0.5) is 0 Å². The van der Waals surface area contributed by atoms with Crippen molar-refractivity contribution in [2.75, 3.05) is 44.6 Å². The Morgan fingerprint density at radius 1 is 1.31 bits per heavy atom. The van der Waals surface area contributed by atoms with Crippen molar-refractivity contribution in [3.05, 3.63) is 0 Å². The lowest BCUT2D eigenvalue weighted by Gasteiger charge is -2.33. The van der Waals surface area contributed by atoms with E-state index in [1.807, 2.05) is 0 Å². The van der Waals surface area contributed by atoms with Crippen molar-refractivity contribution in [1.82, 2.24) is 9.21 Å². The largest absolute Gasteiger partial charge is 0.375 e. The Balaban J connectivity index is 2.49. The standard InChI is InChI=1S/C8H15BrN2O4S/c1-15-6-8(12)10-2-4-11(5-3-10)16(13,14)7-9/h2-7H2,1H3. The van der Waals surface area contributed by atoms with Crippen LogP contribution in [0.5, 0.6) is 0 Å². The molecule has 16 heavy (non-hydrogen) atoms. The number of sulfonamides is 1. The fourth-order valence-electron chi connectivity index (χ4n) is 1.50. The molecule has 0 aromatic heterocycles. The van der Waals surface area contributed by atoms with E-state index in [4.69, 9.17) is 4.74 Å². The Bertz CT molecular complexity index is 338. The zero-order valence-electron chi connectivity index (χ0n) is 9.06. The number of rotatable bonds is 4. The molecule has 1 saturated heterocycles. The number of carbonyl (C=O) groups is 1. The molecule has 0 bridgehead atoms. The van der Waals surface area contributed by atoms with Gasteiger partial charge in [-0.05, 0) is 0 Å². The van der Waals surface area contributed by atoms with Crippen LogP contribution in [0.3, 0.4) is 0 Å². The van der Waals surface area contributed by atoms with Gasteiger partial charge in [-0.25, -0.2) is 8.42 Å². The number of methoxy groups -OCH3 is 1. The molecule has 0 spiro atoms. The second-order valence-electron chi connectivity index (χ2n) is 3.43. The number of piperazine rings is 1. The van der Waals surface area contributed by atoms with E-state index in [0.717, 1.165) is 0 Å². The zero-order chi connectivity index (χ0) is 12.2. The van der Waals surface area contributed by atoms with E-state index < -0.39 is 10.0 Å². The van der Waals surface area contributed by atoms with Gasteiger partial charge in [0.05, 0.1) is 0 Å². The number of alkyl halides is 1. The van der Waals surface area contributed by atoms with Gasteiger partial charge < -0.3 is 9.64 Å². The average molecular weight is 315 g/mol. The van der Waals surface area contributed by atoms with Crippen LogP contribution in [0.15, 0.2) is 0 Å². The maximum atomic E-state index is 11.5. The summed E-state index contributed by atoms with van der Waals surface area (Å²) in [7, 11) is -1.74. The van der Waals surface area contributed by atoms with Crippen LogP contribution in [-0.4, -0.2) is 68.1 Å². The van der Waals surface area contributed by atoms with Crippen molar-refractivity contribution in [2.24, 2.45) is 0 Å². The summed E-state index contributed by atoms with van der Waals surface area (Å²) in [6, 6.07) is 0. The summed E-state index contributed by atoms with van der Waals surface area (Å²) in [5, 5.41) is 0. The van der Waals surface area contributed by atoms with Crippen LogP contribution >= 0.6 is 15.9 Å². The normalized spacial score (nSPS) is 18.8. The molecule has 0 unspecified atom stereocenters. The molecule has 0 aromatic carbocycles. The van der Waals surface area contributed by atoms with Gasteiger partial charge >= 0.3 is 0 Å². The first-order valence-electron chi connectivity index (χ1n) is 4.81. The molecule has 94 valence electrons. The van der Waals surface area contributed by atoms with Gasteiger partial charge in [-0.2, -0.15) is 4.31 Å². The molecule has 0 aromatic rings. The van der Waals surface area contributed by atoms with Crippen LogP contribution in [-0.2, 0) is 19.6 Å². The highest BCUT2D eigenvalue weighted by atomic mass is 79.9. The van der Waals surface area contributed by atoms with E-state index in [-0.39, 0.29) is 17.2 Å². The number of ether oxygens (including phenoxy) is 1. The van der Waals surface area contributed by atoms with Crippen molar-refractivity contribution in [3.63, 3.8) is 0 Å². The predicted octanol–water partition coefficient (Wildman–Crippen LogP) is -0.541. The van der Waals surface area contributed by atoms with Crippen LogP contribution in [0.2, 0.25) is 0 Å². The smallest absolute Gasteiger partial charge is 0.248 e. The molecule has 1 amide bonds. The monoisotopic (exact) mass is 314 g/mol. The number of hydrogen-bond acceptors (Lipinski definition) is 4. The first kappa shape index (κ1) is 13.9. The van der Waals surface area contributed by atoms with Crippen molar-refractivity contribution >= 4 is 31.9 Å². The summed E-state index contributed by atoms with van der Waals surface area (Å²) in [4.78, 5) is 13.1. The van der Waals surface area contributed by atoms with Crippen molar-refractivity contribution in [1.29, 1.82) is 0 Å². The zero-order valence-corrected chi connectivity index (χ0v) is 11.5. The van der Waals surface area contributed by atoms with E-state index in [9.17, 15) is 13.2 Å². The molecular formula is C8H15BrN2O4S. The summed E-state index contributed by atoms with van der Waals surface area (Å²) in [5.74, 6) is -0.0987. The summed E-state index contributed by atoms with van der Waals surface area (Å²) >= 11 is 2.95. The number of hydrogen-bond donors (Lipinski definition) is 0. The fourth-order valence-corrected chi connectivity index (χ4v) is 3.23. The molecule has 1 rings (SSSR count). The minimum absolute atomic E-state index is 0.0468. The Morgan fingerprint density at radius 2 is 1.88 bits per heavy atom. The topological polar surface area (TPSA) is 66.9 Å². The lowest BCUT2D eigenvalue weighted by Crippen LogP contribution is -2.51. The van der Waals surface area contributed by atoms with Gasteiger partial charge in [0.15, 0.2) is 0 Å². The minimum Gasteiger partial charge on any atom is -0.375 e. The molecule has 1 aliphatic heterocycles. The fraction of sp³-hybridized carbons (Fsp3) is 0.875. The van der Waals surface area contributed by atoms with Gasteiger partial charge in [-0.3, -0.25) is 4.79 Å². The molecule has 8 heteroatoms. The molecule has 1 fully saturated rings. The van der Waals surface area contributed by atoms with E-state index in [1.165, 1.54) is 11.4 Å². The summed E-state index contributed by atoms with van der Waals surface area (Å²) in [5.41, 5.74) is 0. The van der Waals surface area contributed by atoms with Crippen LogP contribution in [0.1, 0.15) is 0 Å². The van der Waals surface area contributed by atoms with Gasteiger partial charge in [-0.1, -0.05) is 15.9 Å². The highest BCUT2D eigenvalue weighted by Gasteiger charge is 2.27. The van der Waals surface area contributed by atoms with Gasteiger partial charge in [0.2, 0.25) is 15.9 Å². The Kier molecular flexibility index (Phi) is 5.16. The molecular weight excluding hydrogens is 300 g/mol. The third-order valence-corrected chi connectivity index (χ3v) is 5.55. The molecule has 0 N–H and O–H groups in total. The molecule has 1 aliphatic rings. The number of carbonyl (C=O) groups excluding carboxylic acids is 1. The first-order valence-corrected chi connectivity index (χ1v) is 7.55. The van der Waals surface area contributed by atoms with Crippen LogP contribution in [0, 0.1) is 0 Å². The quantitative estimate of drug-likeness (QED) is 0.654. The molecule has 0 atom stereocenters. The van der Waals surface area contributed by atoms with E-state index in [1.54, 1.807) is 4.90 Å². The summed E-state index contributed by atoms with van der Waals surface area (Å²) < 4.78 is 29.1. The number of halogens is 1. The molecule has 0 aliphatic carbocycles. The summed E-state index contributed by atoms with van der Waals surface area (Å²) in [6.07, 6.45) is 0. The van der Waals surface area contributed by atoms with Crippen molar-refractivity contribution < 1.29 is 17.9 Å². The molecule has 6 nitrogen and oxygen atoms in total. The highest BCUT2D eigenvalue weighted by Crippen LogP contribution is 2.09. The van der Waals surface area contributed by atoms with E-state index in [2.05, 4.69) is 15.9 Å². The van der Waals surface area contributed by atoms with Crippen LogP contribution < -0.4 is 0 Å². The SMILES string of the molecule is COCC(=O)N1CCN(S(=O)(=O)CBr)CC1. The van der Waals surface area contributed by atoms with Gasteiger partial charge in [-0.15, -0.1) is 0 Å². The Labute approximate surface area is 104 Å². The molecule has 0 saturated carbocycles. The number of amides is 1. The Hall–Kier alpha value is -0.180. The van der Waals surface area contributed by atoms with Gasteiger partial charge in [0.25, 0.3) is 0 Å². The van der Waals surface area contributed by atoms with E-state index in [0.29, 0.717) is 26.2 Å². The first-order chi connectivity index (χ1) is 7.51. The Morgan fingerprint density at radius 3 is 2.31 bits per heavy atom. The highest BCUT2D eigenvalue weighted by molar-refractivity contribution is 9.10. The minimum atomic E-state index is -3.20. The van der Waals surface area contributed by atoms with Crippen LogP contribution in [0.25, 0.3) is 0 Å². The lowest BCUT2D eigenvalue weighted by molar-refractivity contribution is -0.136. The lowest BCUT2D eigenvalue weighted by atomic mass is 10.3. The molecule has 1 heterocycles. The second-order valence-corrected chi connectivity index (χ2v) is 6.71. The van der Waals surface area contributed by atoms with Crippen molar-refractivity contribution in [3.8, 4) is 0 Å². The third-order valence-electron chi connectivity index (χ3n) is 2.39. The molecule has 0 radical (unpaired) electrons.